The Morgan fingerprint density at radius 2 is 2.33 bits per heavy atom. The fourth-order valence-corrected chi connectivity index (χ4v) is 3.76. The van der Waals surface area contributed by atoms with Crippen molar-refractivity contribution in [2.45, 2.75) is 25.4 Å². The van der Waals surface area contributed by atoms with Crippen LogP contribution in [0.25, 0.3) is 0 Å². The van der Waals surface area contributed by atoms with Crippen molar-refractivity contribution in [3.63, 3.8) is 0 Å². The van der Waals surface area contributed by atoms with Crippen LogP contribution in [0.5, 0.6) is 0 Å². The van der Waals surface area contributed by atoms with Crippen LogP contribution >= 0.6 is 27.5 Å². The SMILES string of the molecule is COCC1CCCN(CCC(O)c2ccc(Br)cc2Cl)C1. The van der Waals surface area contributed by atoms with Crippen LogP contribution in [0.4, 0.5) is 0 Å². The maximum absolute atomic E-state index is 10.3. The van der Waals surface area contributed by atoms with Gasteiger partial charge in [0.15, 0.2) is 0 Å². The molecular formula is C16H23BrClNO2. The van der Waals surface area contributed by atoms with Crippen LogP contribution in [0.2, 0.25) is 5.02 Å². The number of hydrogen-bond acceptors (Lipinski definition) is 3. The second-order valence-electron chi connectivity index (χ2n) is 5.73. The summed E-state index contributed by atoms with van der Waals surface area (Å²) in [5.74, 6) is 0.622. The van der Waals surface area contributed by atoms with Gasteiger partial charge in [-0.1, -0.05) is 33.6 Å². The molecule has 1 heterocycles. The average molecular weight is 377 g/mol. The lowest BCUT2D eigenvalue weighted by molar-refractivity contribution is 0.0779. The molecule has 1 saturated heterocycles. The second-order valence-corrected chi connectivity index (χ2v) is 7.06. The molecule has 0 aromatic heterocycles. The molecule has 1 aromatic carbocycles. The van der Waals surface area contributed by atoms with Gasteiger partial charge in [-0.2, -0.15) is 0 Å². The molecule has 1 aliphatic heterocycles. The van der Waals surface area contributed by atoms with Crippen molar-refractivity contribution in [3.8, 4) is 0 Å². The Kier molecular flexibility index (Phi) is 6.96. The summed E-state index contributed by atoms with van der Waals surface area (Å²) in [6.07, 6.45) is 2.66. The zero-order chi connectivity index (χ0) is 15.2. The van der Waals surface area contributed by atoms with E-state index in [0.29, 0.717) is 17.4 Å². The minimum atomic E-state index is -0.506. The maximum atomic E-state index is 10.3. The number of piperidine rings is 1. The lowest BCUT2D eigenvalue weighted by atomic mass is 9.98. The second kappa shape index (κ2) is 8.49. The van der Waals surface area contributed by atoms with Gasteiger partial charge in [-0.25, -0.2) is 0 Å². The number of likely N-dealkylation sites (tertiary alicyclic amines) is 1. The van der Waals surface area contributed by atoms with Gasteiger partial charge < -0.3 is 14.7 Å². The maximum Gasteiger partial charge on any atom is 0.0816 e. The van der Waals surface area contributed by atoms with Crippen LogP contribution < -0.4 is 0 Å². The third kappa shape index (κ3) is 5.22. The monoisotopic (exact) mass is 375 g/mol. The largest absolute Gasteiger partial charge is 0.388 e. The van der Waals surface area contributed by atoms with Gasteiger partial charge in [0.05, 0.1) is 12.7 Å². The van der Waals surface area contributed by atoms with E-state index in [4.69, 9.17) is 16.3 Å². The minimum Gasteiger partial charge on any atom is -0.388 e. The Morgan fingerprint density at radius 3 is 3.05 bits per heavy atom. The Hall–Kier alpha value is -0.130. The number of benzene rings is 1. The molecule has 0 spiro atoms. The first-order valence-corrected chi connectivity index (χ1v) is 8.61. The molecule has 2 unspecified atom stereocenters. The fourth-order valence-electron chi connectivity index (χ4n) is 2.96. The van der Waals surface area contributed by atoms with E-state index in [9.17, 15) is 5.11 Å². The van der Waals surface area contributed by atoms with Gasteiger partial charge >= 0.3 is 0 Å². The highest BCUT2D eigenvalue weighted by molar-refractivity contribution is 9.10. The van der Waals surface area contributed by atoms with Crippen LogP contribution in [0.15, 0.2) is 22.7 Å². The van der Waals surface area contributed by atoms with Crippen molar-refractivity contribution in [1.82, 2.24) is 4.90 Å². The number of methoxy groups -OCH3 is 1. The van der Waals surface area contributed by atoms with Crippen molar-refractivity contribution in [2.75, 3.05) is 33.4 Å². The number of aliphatic hydroxyl groups is 1. The molecular weight excluding hydrogens is 354 g/mol. The van der Waals surface area contributed by atoms with E-state index in [0.717, 1.165) is 36.3 Å². The van der Waals surface area contributed by atoms with E-state index in [2.05, 4.69) is 20.8 Å². The van der Waals surface area contributed by atoms with Crippen LogP contribution in [0.3, 0.4) is 0 Å². The van der Waals surface area contributed by atoms with Crippen LogP contribution in [0.1, 0.15) is 30.9 Å². The Balaban J connectivity index is 1.84. The van der Waals surface area contributed by atoms with Crippen molar-refractivity contribution >= 4 is 27.5 Å². The minimum absolute atomic E-state index is 0.506. The molecule has 1 N–H and O–H groups in total. The Labute approximate surface area is 140 Å². The van der Waals surface area contributed by atoms with E-state index >= 15 is 0 Å². The predicted molar refractivity (Wildman–Crippen MR) is 89.8 cm³/mol. The quantitative estimate of drug-likeness (QED) is 0.817. The molecule has 5 heteroatoms. The summed E-state index contributed by atoms with van der Waals surface area (Å²) in [5.41, 5.74) is 0.810. The molecule has 0 radical (unpaired) electrons. The van der Waals surface area contributed by atoms with Gasteiger partial charge in [-0.05, 0) is 49.4 Å². The fraction of sp³-hybridized carbons (Fsp3) is 0.625. The standard InChI is InChI=1S/C16H23BrClNO2/c1-21-11-12-3-2-7-19(10-12)8-6-16(20)14-5-4-13(17)9-15(14)18/h4-5,9,12,16,20H,2-3,6-8,10-11H2,1H3. The average Bonchev–Trinajstić information content (AvgIpc) is 2.45. The summed E-state index contributed by atoms with van der Waals surface area (Å²) in [6, 6.07) is 5.64. The van der Waals surface area contributed by atoms with Crippen LogP contribution in [0, 0.1) is 5.92 Å². The Bertz CT molecular complexity index is 456. The van der Waals surface area contributed by atoms with Gasteiger partial charge in [0.2, 0.25) is 0 Å². The normalized spacial score (nSPS) is 21.4. The molecule has 0 amide bonds. The first-order chi connectivity index (χ1) is 10.1. The summed E-state index contributed by atoms with van der Waals surface area (Å²) in [7, 11) is 1.76. The summed E-state index contributed by atoms with van der Waals surface area (Å²) >= 11 is 9.57. The van der Waals surface area contributed by atoms with Gasteiger partial charge in [0, 0.05) is 29.7 Å². The van der Waals surface area contributed by atoms with E-state index in [-0.39, 0.29) is 0 Å². The molecule has 3 nitrogen and oxygen atoms in total. The topological polar surface area (TPSA) is 32.7 Å². The lowest BCUT2D eigenvalue weighted by Gasteiger charge is -2.32. The molecule has 1 fully saturated rings. The number of halogens is 2. The van der Waals surface area contributed by atoms with E-state index in [1.165, 1.54) is 12.8 Å². The Morgan fingerprint density at radius 1 is 1.52 bits per heavy atom. The molecule has 1 aromatic rings. The van der Waals surface area contributed by atoms with E-state index < -0.39 is 6.10 Å². The number of hydrogen-bond donors (Lipinski definition) is 1. The highest BCUT2D eigenvalue weighted by atomic mass is 79.9. The molecule has 0 aliphatic carbocycles. The van der Waals surface area contributed by atoms with E-state index in [1.807, 2.05) is 18.2 Å². The third-order valence-electron chi connectivity index (χ3n) is 4.05. The zero-order valence-corrected chi connectivity index (χ0v) is 14.7. The van der Waals surface area contributed by atoms with Gasteiger partial charge in [-0.15, -0.1) is 0 Å². The molecule has 21 heavy (non-hydrogen) atoms. The summed E-state index contributed by atoms with van der Waals surface area (Å²) in [4.78, 5) is 2.42. The summed E-state index contributed by atoms with van der Waals surface area (Å²) in [5, 5.41) is 11.0. The van der Waals surface area contributed by atoms with Crippen molar-refractivity contribution < 1.29 is 9.84 Å². The third-order valence-corrected chi connectivity index (χ3v) is 4.87. The first-order valence-electron chi connectivity index (χ1n) is 7.44. The number of rotatable bonds is 6. The number of ether oxygens (including phenoxy) is 1. The first kappa shape index (κ1) is 17.2. The molecule has 2 atom stereocenters. The molecule has 0 bridgehead atoms. The van der Waals surface area contributed by atoms with Gasteiger partial charge in [0.1, 0.15) is 0 Å². The molecule has 118 valence electrons. The molecule has 2 rings (SSSR count). The zero-order valence-electron chi connectivity index (χ0n) is 12.4. The highest BCUT2D eigenvalue weighted by Gasteiger charge is 2.21. The lowest BCUT2D eigenvalue weighted by Crippen LogP contribution is -2.38. The van der Waals surface area contributed by atoms with Crippen molar-refractivity contribution in [3.05, 3.63) is 33.3 Å². The van der Waals surface area contributed by atoms with Crippen molar-refractivity contribution in [2.24, 2.45) is 5.92 Å². The predicted octanol–water partition coefficient (Wildman–Crippen LogP) is 3.88. The van der Waals surface area contributed by atoms with Crippen LogP contribution in [-0.4, -0.2) is 43.4 Å². The smallest absolute Gasteiger partial charge is 0.0816 e. The number of nitrogens with zero attached hydrogens (tertiary/aromatic N) is 1. The van der Waals surface area contributed by atoms with Crippen LogP contribution in [-0.2, 0) is 4.74 Å². The van der Waals surface area contributed by atoms with Gasteiger partial charge in [0.25, 0.3) is 0 Å². The summed E-state index contributed by atoms with van der Waals surface area (Å²) in [6.45, 7) is 3.90. The van der Waals surface area contributed by atoms with Gasteiger partial charge in [-0.3, -0.25) is 0 Å². The highest BCUT2D eigenvalue weighted by Crippen LogP contribution is 2.28. The number of aliphatic hydroxyl groups excluding tert-OH is 1. The molecule has 0 saturated carbocycles. The van der Waals surface area contributed by atoms with Crippen molar-refractivity contribution in [1.29, 1.82) is 0 Å². The summed E-state index contributed by atoms with van der Waals surface area (Å²) < 4.78 is 6.19. The molecule has 1 aliphatic rings. The van der Waals surface area contributed by atoms with E-state index in [1.54, 1.807) is 7.11 Å².